The van der Waals surface area contributed by atoms with Crippen LogP contribution in [0.2, 0.25) is 0 Å². The van der Waals surface area contributed by atoms with Gasteiger partial charge in [0.25, 0.3) is 0 Å². The standard InChI is InChI=1S/C22H22N2O3/c1-15(13-14-16-7-3-2-4-8-16)23-21(26)22(27)24-19-11-5-10-18-17(19)9-6-12-20(18)25/h2-12,15,25H,13-14H2,1H3,(H,23,26)(H,24,27)/t15-/m0/s1. The lowest BCUT2D eigenvalue weighted by molar-refractivity contribution is -0.136. The highest BCUT2D eigenvalue weighted by Gasteiger charge is 2.17. The molecule has 5 nitrogen and oxygen atoms in total. The fourth-order valence-electron chi connectivity index (χ4n) is 2.97. The minimum absolute atomic E-state index is 0.125. The monoisotopic (exact) mass is 362 g/mol. The normalized spacial score (nSPS) is 11.7. The number of rotatable bonds is 5. The van der Waals surface area contributed by atoms with E-state index in [0.29, 0.717) is 16.5 Å². The van der Waals surface area contributed by atoms with Crippen LogP contribution in [0, 0.1) is 0 Å². The molecule has 3 aromatic rings. The van der Waals surface area contributed by atoms with Crippen LogP contribution < -0.4 is 10.6 Å². The van der Waals surface area contributed by atoms with Gasteiger partial charge in [-0.15, -0.1) is 0 Å². The molecule has 3 N–H and O–H groups in total. The topological polar surface area (TPSA) is 78.4 Å². The van der Waals surface area contributed by atoms with E-state index in [1.807, 2.05) is 37.3 Å². The highest BCUT2D eigenvalue weighted by molar-refractivity contribution is 6.40. The molecule has 138 valence electrons. The number of hydrogen-bond acceptors (Lipinski definition) is 3. The Morgan fingerprint density at radius 2 is 1.59 bits per heavy atom. The molecular weight excluding hydrogens is 340 g/mol. The molecule has 1 atom stereocenters. The van der Waals surface area contributed by atoms with Gasteiger partial charge in [-0.2, -0.15) is 0 Å². The van der Waals surface area contributed by atoms with Gasteiger partial charge in [-0.25, -0.2) is 0 Å². The highest BCUT2D eigenvalue weighted by atomic mass is 16.3. The zero-order chi connectivity index (χ0) is 19.2. The molecule has 27 heavy (non-hydrogen) atoms. The Balaban J connectivity index is 1.59. The molecule has 0 radical (unpaired) electrons. The van der Waals surface area contributed by atoms with E-state index in [1.54, 1.807) is 36.4 Å². The largest absolute Gasteiger partial charge is 0.507 e. The van der Waals surface area contributed by atoms with E-state index >= 15 is 0 Å². The minimum atomic E-state index is -0.725. The average molecular weight is 362 g/mol. The van der Waals surface area contributed by atoms with Crippen LogP contribution in [0.15, 0.2) is 66.7 Å². The summed E-state index contributed by atoms with van der Waals surface area (Å²) in [6, 6.07) is 20.1. The lowest BCUT2D eigenvalue weighted by Crippen LogP contribution is -2.40. The number of aromatic hydroxyl groups is 1. The van der Waals surface area contributed by atoms with Crippen LogP contribution in [0.4, 0.5) is 5.69 Å². The summed E-state index contributed by atoms with van der Waals surface area (Å²) in [7, 11) is 0. The molecular formula is C22H22N2O3. The zero-order valence-corrected chi connectivity index (χ0v) is 15.1. The molecule has 2 amide bonds. The second-order valence-corrected chi connectivity index (χ2v) is 6.53. The quantitative estimate of drug-likeness (QED) is 0.607. The van der Waals surface area contributed by atoms with Crippen LogP contribution in [-0.4, -0.2) is 23.0 Å². The molecule has 0 aliphatic rings. The molecule has 0 aromatic heterocycles. The molecule has 0 saturated carbocycles. The van der Waals surface area contributed by atoms with E-state index < -0.39 is 11.8 Å². The molecule has 0 saturated heterocycles. The van der Waals surface area contributed by atoms with Gasteiger partial charge in [0.2, 0.25) is 0 Å². The predicted octanol–water partition coefficient (Wildman–Crippen LogP) is 3.62. The fourth-order valence-corrected chi connectivity index (χ4v) is 2.97. The van der Waals surface area contributed by atoms with Crippen LogP contribution in [0.1, 0.15) is 18.9 Å². The average Bonchev–Trinajstić information content (AvgIpc) is 2.68. The van der Waals surface area contributed by atoms with E-state index in [9.17, 15) is 14.7 Å². The summed E-state index contributed by atoms with van der Waals surface area (Å²) in [5, 5.41) is 16.6. The maximum atomic E-state index is 12.3. The highest BCUT2D eigenvalue weighted by Crippen LogP contribution is 2.29. The molecule has 3 rings (SSSR count). The van der Waals surface area contributed by atoms with E-state index in [0.717, 1.165) is 12.8 Å². The number of amides is 2. The predicted molar refractivity (Wildman–Crippen MR) is 107 cm³/mol. The van der Waals surface area contributed by atoms with Gasteiger partial charge in [0.15, 0.2) is 0 Å². The van der Waals surface area contributed by atoms with Crippen molar-refractivity contribution < 1.29 is 14.7 Å². The van der Waals surface area contributed by atoms with Crippen molar-refractivity contribution in [2.75, 3.05) is 5.32 Å². The van der Waals surface area contributed by atoms with Crippen molar-refractivity contribution >= 4 is 28.3 Å². The van der Waals surface area contributed by atoms with Crippen molar-refractivity contribution in [1.29, 1.82) is 0 Å². The third kappa shape index (κ3) is 4.64. The van der Waals surface area contributed by atoms with Crippen molar-refractivity contribution in [2.24, 2.45) is 0 Å². The van der Waals surface area contributed by atoms with Gasteiger partial charge in [0, 0.05) is 22.5 Å². The van der Waals surface area contributed by atoms with Crippen molar-refractivity contribution in [2.45, 2.75) is 25.8 Å². The van der Waals surface area contributed by atoms with E-state index in [4.69, 9.17) is 0 Å². The number of benzene rings is 3. The van der Waals surface area contributed by atoms with Gasteiger partial charge >= 0.3 is 11.8 Å². The van der Waals surface area contributed by atoms with Gasteiger partial charge < -0.3 is 15.7 Å². The SMILES string of the molecule is C[C@@H](CCc1ccccc1)NC(=O)C(=O)Nc1cccc2c(O)cccc12. The number of phenols is 1. The van der Waals surface area contributed by atoms with Gasteiger partial charge in [-0.1, -0.05) is 54.6 Å². The molecule has 0 heterocycles. The maximum Gasteiger partial charge on any atom is 0.313 e. The van der Waals surface area contributed by atoms with Gasteiger partial charge in [0.05, 0.1) is 0 Å². The van der Waals surface area contributed by atoms with Gasteiger partial charge in [-0.05, 0) is 37.5 Å². The van der Waals surface area contributed by atoms with Gasteiger partial charge in [0.1, 0.15) is 5.75 Å². The smallest absolute Gasteiger partial charge is 0.313 e. The second kappa shape index (κ2) is 8.36. The summed E-state index contributed by atoms with van der Waals surface area (Å²) in [6.07, 6.45) is 1.57. The van der Waals surface area contributed by atoms with E-state index in [1.165, 1.54) is 5.56 Å². The first-order chi connectivity index (χ1) is 13.0. The molecule has 3 aromatic carbocycles. The first kappa shape index (κ1) is 18.5. The lowest BCUT2D eigenvalue weighted by Gasteiger charge is -2.14. The molecule has 0 aliphatic heterocycles. The van der Waals surface area contributed by atoms with Crippen LogP contribution in [0.25, 0.3) is 10.8 Å². The summed E-state index contributed by atoms with van der Waals surface area (Å²) < 4.78 is 0. The number of fused-ring (bicyclic) bond motifs is 1. The Morgan fingerprint density at radius 1 is 0.889 bits per heavy atom. The summed E-state index contributed by atoms with van der Waals surface area (Å²) in [5.74, 6) is -1.27. The fraction of sp³-hybridized carbons (Fsp3) is 0.182. The first-order valence-electron chi connectivity index (χ1n) is 8.91. The number of anilines is 1. The Kier molecular flexibility index (Phi) is 5.71. The number of phenolic OH excluding ortho intramolecular Hbond substituents is 1. The number of carbonyl (C=O) groups excluding carboxylic acids is 2. The molecule has 5 heteroatoms. The lowest BCUT2D eigenvalue weighted by atomic mass is 10.1. The second-order valence-electron chi connectivity index (χ2n) is 6.53. The summed E-state index contributed by atoms with van der Waals surface area (Å²) >= 11 is 0. The first-order valence-corrected chi connectivity index (χ1v) is 8.91. The summed E-state index contributed by atoms with van der Waals surface area (Å²) in [4.78, 5) is 24.5. The van der Waals surface area contributed by atoms with Crippen molar-refractivity contribution in [3.63, 3.8) is 0 Å². The molecule has 0 aliphatic carbocycles. The molecule has 0 unspecified atom stereocenters. The van der Waals surface area contributed by atoms with Crippen LogP contribution in [0.3, 0.4) is 0 Å². The number of hydrogen-bond donors (Lipinski definition) is 3. The summed E-state index contributed by atoms with van der Waals surface area (Å²) in [6.45, 7) is 1.88. The van der Waals surface area contributed by atoms with Crippen molar-refractivity contribution in [1.82, 2.24) is 5.32 Å². The molecule has 0 spiro atoms. The minimum Gasteiger partial charge on any atom is -0.507 e. The molecule has 0 bridgehead atoms. The van der Waals surface area contributed by atoms with Crippen LogP contribution in [0.5, 0.6) is 5.75 Å². The Hall–Kier alpha value is -3.34. The maximum absolute atomic E-state index is 12.3. The number of nitrogens with one attached hydrogen (secondary N) is 2. The molecule has 0 fully saturated rings. The van der Waals surface area contributed by atoms with Crippen molar-refractivity contribution in [3.8, 4) is 5.75 Å². The Labute approximate surface area is 158 Å². The van der Waals surface area contributed by atoms with Crippen molar-refractivity contribution in [3.05, 3.63) is 72.3 Å². The van der Waals surface area contributed by atoms with E-state index in [2.05, 4.69) is 10.6 Å². The van der Waals surface area contributed by atoms with Crippen LogP contribution in [-0.2, 0) is 16.0 Å². The zero-order valence-electron chi connectivity index (χ0n) is 15.1. The van der Waals surface area contributed by atoms with Gasteiger partial charge in [-0.3, -0.25) is 9.59 Å². The van der Waals surface area contributed by atoms with E-state index in [-0.39, 0.29) is 11.8 Å². The number of aryl methyl sites for hydroxylation is 1. The Morgan fingerprint density at radius 3 is 2.37 bits per heavy atom. The van der Waals surface area contributed by atoms with Crippen LogP contribution >= 0.6 is 0 Å². The number of carbonyl (C=O) groups is 2. The third-order valence-corrected chi connectivity index (χ3v) is 4.44. The Bertz CT molecular complexity index is 954. The summed E-state index contributed by atoms with van der Waals surface area (Å²) in [5.41, 5.74) is 1.68. The third-order valence-electron chi connectivity index (χ3n) is 4.44.